The molecule has 2 aromatic rings. The Morgan fingerprint density at radius 1 is 1.28 bits per heavy atom. The lowest BCUT2D eigenvalue weighted by Gasteiger charge is -2.16. The summed E-state index contributed by atoms with van der Waals surface area (Å²) in [6, 6.07) is 9.46. The maximum atomic E-state index is 12.1. The van der Waals surface area contributed by atoms with E-state index in [0.29, 0.717) is 0 Å². The Labute approximate surface area is 147 Å². The summed E-state index contributed by atoms with van der Waals surface area (Å²) in [6.45, 7) is 2.07. The first kappa shape index (κ1) is 17.4. The van der Waals surface area contributed by atoms with Crippen LogP contribution in [0.4, 0.5) is 0 Å². The van der Waals surface area contributed by atoms with E-state index in [4.69, 9.17) is 4.74 Å². The highest BCUT2D eigenvalue weighted by Crippen LogP contribution is 2.24. The highest BCUT2D eigenvalue weighted by molar-refractivity contribution is 5.80. The zero-order valence-corrected chi connectivity index (χ0v) is 14.5. The molecule has 1 fully saturated rings. The van der Waals surface area contributed by atoms with Crippen molar-refractivity contribution in [2.75, 3.05) is 0 Å². The standard InChI is InChI=1S/C20H24N2O3/c1-14(22-20(24)16-5-2-3-6-16)11-19(23)25-13-15-8-9-18-17(12-15)7-4-10-21-18/h4,7-10,12,14,16H,2-3,5-6,11,13H2,1H3,(H,22,24)/t14-/m0/s1. The largest absolute Gasteiger partial charge is 0.461 e. The average Bonchev–Trinajstić information content (AvgIpc) is 3.14. The van der Waals surface area contributed by atoms with E-state index in [1.807, 2.05) is 37.3 Å². The molecule has 0 saturated heterocycles. The summed E-state index contributed by atoms with van der Waals surface area (Å²) in [7, 11) is 0. The zero-order chi connectivity index (χ0) is 17.6. The summed E-state index contributed by atoms with van der Waals surface area (Å²) < 4.78 is 5.34. The Morgan fingerprint density at radius 3 is 2.88 bits per heavy atom. The first-order chi connectivity index (χ1) is 12.1. The van der Waals surface area contributed by atoms with Crippen LogP contribution < -0.4 is 5.32 Å². The lowest BCUT2D eigenvalue weighted by molar-refractivity contribution is -0.145. The number of amides is 1. The van der Waals surface area contributed by atoms with Gasteiger partial charge >= 0.3 is 5.97 Å². The Morgan fingerprint density at radius 2 is 2.08 bits per heavy atom. The summed E-state index contributed by atoms with van der Waals surface area (Å²) in [5, 5.41) is 3.95. The van der Waals surface area contributed by atoms with E-state index >= 15 is 0 Å². The lowest BCUT2D eigenvalue weighted by atomic mass is 10.1. The minimum absolute atomic E-state index is 0.0693. The second-order valence-corrected chi connectivity index (χ2v) is 6.79. The van der Waals surface area contributed by atoms with Gasteiger partial charge in [-0.15, -0.1) is 0 Å². The monoisotopic (exact) mass is 340 g/mol. The van der Waals surface area contributed by atoms with Gasteiger partial charge < -0.3 is 10.1 Å². The van der Waals surface area contributed by atoms with Crippen LogP contribution in [0, 0.1) is 5.92 Å². The van der Waals surface area contributed by atoms with Gasteiger partial charge in [-0.1, -0.05) is 25.0 Å². The molecule has 0 unspecified atom stereocenters. The number of rotatable bonds is 6. The molecule has 5 nitrogen and oxygen atoms in total. The Kier molecular flexibility index (Phi) is 5.64. The van der Waals surface area contributed by atoms with E-state index in [-0.39, 0.29) is 36.9 Å². The molecule has 0 spiro atoms. The van der Waals surface area contributed by atoms with Gasteiger partial charge in [0.15, 0.2) is 0 Å². The van der Waals surface area contributed by atoms with Crippen LogP contribution in [-0.4, -0.2) is 22.9 Å². The van der Waals surface area contributed by atoms with Crippen molar-refractivity contribution in [1.82, 2.24) is 10.3 Å². The fourth-order valence-electron chi connectivity index (χ4n) is 3.29. The van der Waals surface area contributed by atoms with Crippen LogP contribution >= 0.6 is 0 Å². The van der Waals surface area contributed by atoms with Crippen molar-refractivity contribution in [3.63, 3.8) is 0 Å². The molecule has 3 rings (SSSR count). The molecular weight excluding hydrogens is 316 g/mol. The summed E-state index contributed by atoms with van der Waals surface area (Å²) >= 11 is 0. The number of pyridine rings is 1. The number of fused-ring (bicyclic) bond motifs is 1. The van der Waals surface area contributed by atoms with E-state index in [1.165, 1.54) is 0 Å². The number of hydrogen-bond acceptors (Lipinski definition) is 4. The topological polar surface area (TPSA) is 68.3 Å². The van der Waals surface area contributed by atoms with Crippen LogP contribution in [-0.2, 0) is 20.9 Å². The van der Waals surface area contributed by atoms with Crippen LogP contribution in [0.5, 0.6) is 0 Å². The van der Waals surface area contributed by atoms with Crippen molar-refractivity contribution in [3.05, 3.63) is 42.1 Å². The van der Waals surface area contributed by atoms with Crippen molar-refractivity contribution in [2.45, 2.75) is 51.7 Å². The molecule has 1 aromatic heterocycles. The van der Waals surface area contributed by atoms with Crippen molar-refractivity contribution < 1.29 is 14.3 Å². The number of aromatic nitrogens is 1. The molecule has 25 heavy (non-hydrogen) atoms. The smallest absolute Gasteiger partial charge is 0.308 e. The van der Waals surface area contributed by atoms with Gasteiger partial charge in [0.25, 0.3) is 0 Å². The predicted molar refractivity (Wildman–Crippen MR) is 95.7 cm³/mol. The van der Waals surface area contributed by atoms with Crippen molar-refractivity contribution in [2.24, 2.45) is 5.92 Å². The Balaban J connectivity index is 1.45. The van der Waals surface area contributed by atoms with Crippen molar-refractivity contribution in [1.29, 1.82) is 0 Å². The highest BCUT2D eigenvalue weighted by Gasteiger charge is 2.24. The molecule has 1 aliphatic rings. The molecule has 1 amide bonds. The molecule has 0 aliphatic heterocycles. The van der Waals surface area contributed by atoms with Crippen LogP contribution in [0.25, 0.3) is 10.9 Å². The van der Waals surface area contributed by atoms with Gasteiger partial charge in [0, 0.05) is 23.5 Å². The van der Waals surface area contributed by atoms with Gasteiger partial charge in [-0.05, 0) is 43.5 Å². The molecule has 0 bridgehead atoms. The first-order valence-electron chi connectivity index (χ1n) is 8.91. The van der Waals surface area contributed by atoms with E-state index in [2.05, 4.69) is 10.3 Å². The van der Waals surface area contributed by atoms with E-state index < -0.39 is 0 Å². The van der Waals surface area contributed by atoms with Gasteiger partial charge in [0.2, 0.25) is 5.91 Å². The predicted octanol–water partition coefficient (Wildman–Crippen LogP) is 3.36. The van der Waals surface area contributed by atoms with Crippen LogP contribution in [0.15, 0.2) is 36.5 Å². The number of carbonyl (C=O) groups excluding carboxylic acids is 2. The summed E-state index contributed by atoms with van der Waals surface area (Å²) in [4.78, 5) is 28.3. The van der Waals surface area contributed by atoms with Gasteiger partial charge in [-0.25, -0.2) is 0 Å². The third-order valence-electron chi connectivity index (χ3n) is 4.65. The molecular formula is C20H24N2O3. The number of benzene rings is 1. The number of ether oxygens (including phenoxy) is 1. The zero-order valence-electron chi connectivity index (χ0n) is 14.5. The van der Waals surface area contributed by atoms with Crippen molar-refractivity contribution in [3.8, 4) is 0 Å². The first-order valence-corrected chi connectivity index (χ1v) is 8.91. The maximum Gasteiger partial charge on any atom is 0.308 e. The van der Waals surface area contributed by atoms with Crippen LogP contribution in [0.2, 0.25) is 0 Å². The number of nitrogens with one attached hydrogen (secondary N) is 1. The number of esters is 1. The average molecular weight is 340 g/mol. The fourth-order valence-corrected chi connectivity index (χ4v) is 3.29. The number of nitrogens with zero attached hydrogens (tertiary/aromatic N) is 1. The second-order valence-electron chi connectivity index (χ2n) is 6.79. The third-order valence-corrected chi connectivity index (χ3v) is 4.65. The van der Waals surface area contributed by atoms with Crippen LogP contribution in [0.3, 0.4) is 0 Å². The minimum Gasteiger partial charge on any atom is -0.461 e. The van der Waals surface area contributed by atoms with E-state index in [0.717, 1.165) is 42.1 Å². The number of carbonyl (C=O) groups is 2. The van der Waals surface area contributed by atoms with Gasteiger partial charge in [-0.3, -0.25) is 14.6 Å². The lowest BCUT2D eigenvalue weighted by Crippen LogP contribution is -2.37. The minimum atomic E-state index is -0.300. The fraction of sp³-hybridized carbons (Fsp3) is 0.450. The normalized spacial score (nSPS) is 15.9. The molecule has 1 aliphatic carbocycles. The quantitative estimate of drug-likeness (QED) is 0.819. The Hall–Kier alpha value is -2.43. The molecule has 1 N–H and O–H groups in total. The van der Waals surface area contributed by atoms with Crippen LogP contribution in [0.1, 0.15) is 44.6 Å². The number of hydrogen-bond donors (Lipinski definition) is 1. The summed E-state index contributed by atoms with van der Waals surface area (Å²) in [5.41, 5.74) is 1.84. The van der Waals surface area contributed by atoms with E-state index in [9.17, 15) is 9.59 Å². The second kappa shape index (κ2) is 8.10. The molecule has 0 radical (unpaired) electrons. The molecule has 1 saturated carbocycles. The molecule has 5 heteroatoms. The van der Waals surface area contributed by atoms with E-state index in [1.54, 1.807) is 6.20 Å². The molecule has 1 atom stereocenters. The molecule has 1 heterocycles. The maximum absolute atomic E-state index is 12.1. The SMILES string of the molecule is C[C@@H](CC(=O)OCc1ccc2ncccc2c1)NC(=O)C1CCCC1. The van der Waals surface area contributed by atoms with Gasteiger partial charge in [0.05, 0.1) is 11.9 Å². The summed E-state index contributed by atoms with van der Waals surface area (Å²) in [6.07, 6.45) is 6.10. The molecule has 1 aromatic carbocycles. The molecule has 132 valence electrons. The highest BCUT2D eigenvalue weighted by atomic mass is 16.5. The van der Waals surface area contributed by atoms with Gasteiger partial charge in [-0.2, -0.15) is 0 Å². The van der Waals surface area contributed by atoms with Crippen molar-refractivity contribution >= 4 is 22.8 Å². The summed E-state index contributed by atoms with van der Waals surface area (Å²) in [5.74, 6) is -0.116. The third kappa shape index (κ3) is 4.78. The Bertz CT molecular complexity index is 753. The van der Waals surface area contributed by atoms with Gasteiger partial charge in [0.1, 0.15) is 6.61 Å².